The van der Waals surface area contributed by atoms with Crippen LogP contribution in [-0.4, -0.2) is 28.2 Å². The van der Waals surface area contributed by atoms with Crippen LogP contribution in [0.25, 0.3) is 22.4 Å². The number of phenolic OH excluding ortho intramolecular Hbond substituents is 2. The van der Waals surface area contributed by atoms with E-state index in [1.165, 1.54) is 23.6 Å². The Hall–Kier alpha value is -3.32. The summed E-state index contributed by atoms with van der Waals surface area (Å²) in [5.74, 6) is 0.268. The third-order valence-corrected chi connectivity index (χ3v) is 4.82. The average Bonchev–Trinajstić information content (AvgIpc) is 3.26. The summed E-state index contributed by atoms with van der Waals surface area (Å²) in [6.07, 6.45) is 1.47. The van der Waals surface area contributed by atoms with Gasteiger partial charge in [-0.3, -0.25) is 4.99 Å². The highest BCUT2D eigenvalue weighted by molar-refractivity contribution is 7.07. The standard InChI is InChI=1S/C19H15N3O3S/c1-20-19-22(21-10-13-6-4-7-15(23)18(13)24)14(11-26-19)17-9-12-5-2-3-8-16(12)25-17/h2-11,23-24H,1H3/b20-19?,21-10+. The summed E-state index contributed by atoms with van der Waals surface area (Å²) in [5, 5.41) is 26.9. The van der Waals surface area contributed by atoms with Crippen LogP contribution in [0.4, 0.5) is 0 Å². The van der Waals surface area contributed by atoms with Crippen molar-refractivity contribution in [2.45, 2.75) is 0 Å². The molecule has 0 aliphatic rings. The van der Waals surface area contributed by atoms with Crippen molar-refractivity contribution >= 4 is 28.5 Å². The Morgan fingerprint density at radius 2 is 1.96 bits per heavy atom. The second kappa shape index (κ2) is 6.53. The Kier molecular flexibility index (Phi) is 4.06. The van der Waals surface area contributed by atoms with Crippen LogP contribution < -0.4 is 4.80 Å². The van der Waals surface area contributed by atoms with Gasteiger partial charge in [0.2, 0.25) is 4.80 Å². The third-order valence-electron chi connectivity index (χ3n) is 3.91. The van der Waals surface area contributed by atoms with E-state index < -0.39 is 0 Å². The number of benzene rings is 2. The van der Waals surface area contributed by atoms with E-state index in [2.05, 4.69) is 10.1 Å². The van der Waals surface area contributed by atoms with Gasteiger partial charge in [-0.25, -0.2) is 4.68 Å². The van der Waals surface area contributed by atoms with Gasteiger partial charge in [-0.15, -0.1) is 11.3 Å². The molecule has 0 amide bonds. The molecule has 0 aliphatic heterocycles. The number of hydrogen-bond donors (Lipinski definition) is 2. The normalized spacial score (nSPS) is 12.4. The zero-order chi connectivity index (χ0) is 18.1. The van der Waals surface area contributed by atoms with Gasteiger partial charge in [-0.05, 0) is 24.3 Å². The second-order valence-electron chi connectivity index (χ2n) is 5.55. The summed E-state index contributed by atoms with van der Waals surface area (Å²) in [6, 6.07) is 14.4. The zero-order valence-electron chi connectivity index (χ0n) is 13.8. The number of nitrogens with zero attached hydrogens (tertiary/aromatic N) is 3. The van der Waals surface area contributed by atoms with E-state index in [9.17, 15) is 10.2 Å². The average molecular weight is 365 g/mol. The number of hydrogen-bond acceptors (Lipinski definition) is 6. The lowest BCUT2D eigenvalue weighted by molar-refractivity contribution is 0.403. The molecule has 130 valence electrons. The highest BCUT2D eigenvalue weighted by Gasteiger charge is 2.12. The van der Waals surface area contributed by atoms with Crippen LogP contribution in [0.1, 0.15) is 5.56 Å². The number of thiazole rings is 1. The molecule has 0 radical (unpaired) electrons. The molecule has 0 atom stereocenters. The molecule has 7 heteroatoms. The first-order chi connectivity index (χ1) is 12.7. The quantitative estimate of drug-likeness (QED) is 0.428. The molecule has 0 aliphatic carbocycles. The van der Waals surface area contributed by atoms with Gasteiger partial charge in [-0.2, -0.15) is 5.10 Å². The molecule has 0 fully saturated rings. The van der Waals surface area contributed by atoms with Crippen molar-refractivity contribution in [3.05, 3.63) is 64.3 Å². The topological polar surface area (TPSA) is 83.2 Å². The van der Waals surface area contributed by atoms with Crippen LogP contribution in [0, 0.1) is 0 Å². The van der Waals surface area contributed by atoms with E-state index in [-0.39, 0.29) is 11.5 Å². The smallest absolute Gasteiger partial charge is 0.206 e. The van der Waals surface area contributed by atoms with Crippen molar-refractivity contribution in [3.63, 3.8) is 0 Å². The molecule has 2 heterocycles. The molecule has 0 saturated heterocycles. The van der Waals surface area contributed by atoms with E-state index in [0.717, 1.165) is 16.7 Å². The van der Waals surface area contributed by atoms with Gasteiger partial charge in [0.25, 0.3) is 0 Å². The van der Waals surface area contributed by atoms with Crippen molar-refractivity contribution in [2.75, 3.05) is 7.05 Å². The number of aromatic nitrogens is 1. The Balaban J connectivity index is 1.82. The lowest BCUT2D eigenvalue weighted by Gasteiger charge is -2.02. The largest absolute Gasteiger partial charge is 0.504 e. The van der Waals surface area contributed by atoms with E-state index in [1.54, 1.807) is 23.9 Å². The maximum absolute atomic E-state index is 9.94. The number of phenols is 2. The van der Waals surface area contributed by atoms with E-state index in [1.807, 2.05) is 35.7 Å². The monoisotopic (exact) mass is 365 g/mol. The lowest BCUT2D eigenvalue weighted by Crippen LogP contribution is -2.11. The van der Waals surface area contributed by atoms with Crippen LogP contribution >= 0.6 is 11.3 Å². The van der Waals surface area contributed by atoms with Crippen LogP contribution in [-0.2, 0) is 0 Å². The summed E-state index contributed by atoms with van der Waals surface area (Å²) in [6.45, 7) is 0. The molecule has 26 heavy (non-hydrogen) atoms. The van der Waals surface area contributed by atoms with Crippen LogP contribution in [0.3, 0.4) is 0 Å². The first kappa shape index (κ1) is 16.2. The Morgan fingerprint density at radius 1 is 1.12 bits per heavy atom. The molecule has 2 aromatic heterocycles. The fraction of sp³-hybridized carbons (Fsp3) is 0.0526. The molecule has 0 unspecified atom stereocenters. The minimum Gasteiger partial charge on any atom is -0.504 e. The van der Waals surface area contributed by atoms with Gasteiger partial charge in [0, 0.05) is 23.4 Å². The predicted molar refractivity (Wildman–Crippen MR) is 102 cm³/mol. The van der Waals surface area contributed by atoms with Gasteiger partial charge in [0.05, 0.1) is 6.21 Å². The summed E-state index contributed by atoms with van der Waals surface area (Å²) in [4.78, 5) is 4.91. The summed E-state index contributed by atoms with van der Waals surface area (Å²) in [5.41, 5.74) is 1.95. The molecule has 2 N–H and O–H groups in total. The lowest BCUT2D eigenvalue weighted by atomic mass is 10.2. The minimum absolute atomic E-state index is 0.192. The van der Waals surface area contributed by atoms with E-state index >= 15 is 0 Å². The Labute approximate surface area is 152 Å². The number of furan rings is 1. The third kappa shape index (κ3) is 2.78. The van der Waals surface area contributed by atoms with Gasteiger partial charge >= 0.3 is 0 Å². The second-order valence-corrected chi connectivity index (χ2v) is 6.38. The predicted octanol–water partition coefficient (Wildman–Crippen LogP) is 3.79. The number of rotatable bonds is 3. The summed E-state index contributed by atoms with van der Waals surface area (Å²) < 4.78 is 7.57. The van der Waals surface area contributed by atoms with Crippen molar-refractivity contribution in [2.24, 2.45) is 10.1 Å². The number of aromatic hydroxyl groups is 2. The van der Waals surface area contributed by atoms with Crippen LogP contribution in [0.2, 0.25) is 0 Å². The van der Waals surface area contributed by atoms with Crippen molar-refractivity contribution in [3.8, 4) is 23.0 Å². The molecule has 4 aromatic rings. The molecular weight excluding hydrogens is 350 g/mol. The first-order valence-corrected chi connectivity index (χ1v) is 8.73. The first-order valence-electron chi connectivity index (χ1n) is 7.85. The summed E-state index contributed by atoms with van der Waals surface area (Å²) >= 11 is 1.43. The maximum Gasteiger partial charge on any atom is 0.206 e. The molecule has 0 spiro atoms. The van der Waals surface area contributed by atoms with Gasteiger partial charge in [-0.1, -0.05) is 24.3 Å². The molecule has 0 saturated carbocycles. The number of para-hydroxylation sites is 2. The van der Waals surface area contributed by atoms with Crippen LogP contribution in [0.15, 0.2) is 68.4 Å². The molecule has 0 bridgehead atoms. The van der Waals surface area contributed by atoms with Crippen molar-refractivity contribution in [1.82, 2.24) is 4.68 Å². The highest BCUT2D eigenvalue weighted by atomic mass is 32.1. The SMILES string of the molecule is CN=c1scc(-c2cc3ccccc3o2)n1/N=C/c1cccc(O)c1O. The fourth-order valence-corrected chi connectivity index (χ4v) is 3.40. The van der Waals surface area contributed by atoms with Gasteiger partial charge < -0.3 is 14.6 Å². The highest BCUT2D eigenvalue weighted by Crippen LogP contribution is 2.29. The zero-order valence-corrected chi connectivity index (χ0v) is 14.6. The van der Waals surface area contributed by atoms with Crippen molar-refractivity contribution in [1.29, 1.82) is 0 Å². The maximum atomic E-state index is 9.94. The molecule has 6 nitrogen and oxygen atoms in total. The van der Waals surface area contributed by atoms with E-state index in [4.69, 9.17) is 4.42 Å². The van der Waals surface area contributed by atoms with Crippen LogP contribution in [0.5, 0.6) is 11.5 Å². The van der Waals surface area contributed by atoms with E-state index in [0.29, 0.717) is 16.1 Å². The Morgan fingerprint density at radius 3 is 2.77 bits per heavy atom. The number of fused-ring (bicyclic) bond motifs is 1. The minimum atomic E-state index is -0.215. The molecular formula is C19H15N3O3S. The summed E-state index contributed by atoms with van der Waals surface area (Å²) in [7, 11) is 1.69. The van der Waals surface area contributed by atoms with Gasteiger partial charge in [0.1, 0.15) is 11.3 Å². The Bertz CT molecular complexity index is 1150. The molecule has 4 rings (SSSR count). The van der Waals surface area contributed by atoms with Gasteiger partial charge in [0.15, 0.2) is 17.3 Å². The van der Waals surface area contributed by atoms with Crippen molar-refractivity contribution < 1.29 is 14.6 Å². The molecule has 2 aromatic carbocycles. The fourth-order valence-electron chi connectivity index (χ4n) is 2.61.